The molecule has 0 aromatic heterocycles. The molecular formula is C17H27ClN2. The van der Waals surface area contributed by atoms with Crippen LogP contribution in [0.3, 0.4) is 0 Å². The molecule has 0 aliphatic heterocycles. The van der Waals surface area contributed by atoms with Crippen molar-refractivity contribution in [2.75, 3.05) is 18.5 Å². The van der Waals surface area contributed by atoms with Gasteiger partial charge in [-0.15, -0.1) is 0 Å². The van der Waals surface area contributed by atoms with E-state index in [9.17, 15) is 0 Å². The largest absolute Gasteiger partial charge is 0.372 e. The molecule has 0 amide bonds. The van der Waals surface area contributed by atoms with Gasteiger partial charge in [-0.1, -0.05) is 31.5 Å². The summed E-state index contributed by atoms with van der Waals surface area (Å²) in [4.78, 5) is 2.40. The van der Waals surface area contributed by atoms with Gasteiger partial charge in [-0.2, -0.15) is 0 Å². The van der Waals surface area contributed by atoms with Crippen LogP contribution in [-0.2, 0) is 6.42 Å². The van der Waals surface area contributed by atoms with E-state index in [1.54, 1.807) is 0 Å². The lowest BCUT2D eigenvalue weighted by atomic mass is 9.75. The Morgan fingerprint density at radius 3 is 2.50 bits per heavy atom. The summed E-state index contributed by atoms with van der Waals surface area (Å²) < 4.78 is 0. The van der Waals surface area contributed by atoms with Crippen LogP contribution in [0.1, 0.15) is 45.1 Å². The Labute approximate surface area is 128 Å². The standard InChI is InChI=1S/C17H27ClN2/c1-17(2)9-6-14(7-10-17)20(3)15-5-4-13(8-11-19)16(18)12-15/h4-5,12,14H,6-11,19H2,1-3H3. The first-order chi connectivity index (χ1) is 9.43. The molecule has 1 aliphatic rings. The van der Waals surface area contributed by atoms with Crippen LogP contribution in [0, 0.1) is 5.41 Å². The molecule has 2 rings (SSSR count). The summed E-state index contributed by atoms with van der Waals surface area (Å²) in [6, 6.07) is 7.02. The van der Waals surface area contributed by atoms with Crippen LogP contribution in [0.4, 0.5) is 5.69 Å². The normalized spacial score (nSPS) is 19.1. The molecule has 1 aromatic rings. The lowest BCUT2D eigenvalue weighted by Crippen LogP contribution is -2.37. The second-order valence-electron chi connectivity index (χ2n) is 6.82. The van der Waals surface area contributed by atoms with Gasteiger partial charge in [-0.05, 0) is 61.8 Å². The second-order valence-corrected chi connectivity index (χ2v) is 7.23. The lowest BCUT2D eigenvalue weighted by Gasteiger charge is -2.39. The van der Waals surface area contributed by atoms with Crippen molar-refractivity contribution in [3.63, 3.8) is 0 Å². The smallest absolute Gasteiger partial charge is 0.0459 e. The molecule has 0 bridgehead atoms. The highest BCUT2D eigenvalue weighted by atomic mass is 35.5. The van der Waals surface area contributed by atoms with Crippen LogP contribution in [0.25, 0.3) is 0 Å². The maximum atomic E-state index is 6.35. The van der Waals surface area contributed by atoms with Crippen LogP contribution < -0.4 is 10.6 Å². The summed E-state index contributed by atoms with van der Waals surface area (Å²) >= 11 is 6.35. The van der Waals surface area contributed by atoms with E-state index in [0.717, 1.165) is 17.0 Å². The number of anilines is 1. The van der Waals surface area contributed by atoms with Crippen molar-refractivity contribution >= 4 is 17.3 Å². The molecule has 0 heterocycles. The lowest BCUT2D eigenvalue weighted by molar-refractivity contribution is 0.222. The van der Waals surface area contributed by atoms with E-state index < -0.39 is 0 Å². The Morgan fingerprint density at radius 2 is 1.95 bits per heavy atom. The highest BCUT2D eigenvalue weighted by molar-refractivity contribution is 6.31. The summed E-state index contributed by atoms with van der Waals surface area (Å²) in [6.07, 6.45) is 6.00. The third-order valence-corrected chi connectivity index (χ3v) is 5.07. The monoisotopic (exact) mass is 294 g/mol. The number of nitrogens with two attached hydrogens (primary N) is 1. The van der Waals surface area contributed by atoms with E-state index in [0.29, 0.717) is 18.0 Å². The maximum Gasteiger partial charge on any atom is 0.0459 e. The molecule has 0 spiro atoms. The van der Waals surface area contributed by atoms with Gasteiger partial charge in [0.2, 0.25) is 0 Å². The van der Waals surface area contributed by atoms with E-state index in [1.165, 1.54) is 31.4 Å². The molecular weight excluding hydrogens is 268 g/mol. The van der Waals surface area contributed by atoms with E-state index >= 15 is 0 Å². The van der Waals surface area contributed by atoms with Crippen LogP contribution >= 0.6 is 11.6 Å². The molecule has 20 heavy (non-hydrogen) atoms. The fraction of sp³-hybridized carbons (Fsp3) is 0.647. The zero-order chi connectivity index (χ0) is 14.8. The SMILES string of the molecule is CN(c1ccc(CCN)c(Cl)c1)C1CCC(C)(C)CC1. The zero-order valence-electron chi connectivity index (χ0n) is 13.0. The van der Waals surface area contributed by atoms with Crippen molar-refractivity contribution in [1.29, 1.82) is 0 Å². The Kier molecular flexibility index (Phi) is 4.98. The van der Waals surface area contributed by atoms with Crippen molar-refractivity contribution in [2.24, 2.45) is 11.1 Å². The van der Waals surface area contributed by atoms with Gasteiger partial charge < -0.3 is 10.6 Å². The fourth-order valence-electron chi connectivity index (χ4n) is 3.10. The van der Waals surface area contributed by atoms with Gasteiger partial charge in [-0.25, -0.2) is 0 Å². The van der Waals surface area contributed by atoms with Crippen LogP contribution in [-0.4, -0.2) is 19.6 Å². The number of hydrogen-bond acceptors (Lipinski definition) is 2. The quantitative estimate of drug-likeness (QED) is 0.899. The number of nitrogens with zero attached hydrogens (tertiary/aromatic N) is 1. The number of halogens is 1. The Bertz CT molecular complexity index is 446. The Morgan fingerprint density at radius 1 is 1.30 bits per heavy atom. The number of rotatable bonds is 4. The van der Waals surface area contributed by atoms with E-state index in [-0.39, 0.29) is 0 Å². The van der Waals surface area contributed by atoms with Crippen molar-refractivity contribution in [2.45, 2.75) is 52.0 Å². The second kappa shape index (κ2) is 6.36. The number of hydrogen-bond donors (Lipinski definition) is 1. The summed E-state index contributed by atoms with van der Waals surface area (Å²) in [5.41, 5.74) is 8.49. The van der Waals surface area contributed by atoms with Gasteiger partial charge in [0.25, 0.3) is 0 Å². The molecule has 2 nitrogen and oxygen atoms in total. The van der Waals surface area contributed by atoms with Crippen LogP contribution in [0.5, 0.6) is 0 Å². The minimum absolute atomic E-state index is 0.514. The molecule has 112 valence electrons. The molecule has 3 heteroatoms. The van der Waals surface area contributed by atoms with E-state index in [4.69, 9.17) is 17.3 Å². The number of benzene rings is 1. The van der Waals surface area contributed by atoms with E-state index in [1.807, 2.05) is 0 Å². The summed E-state index contributed by atoms with van der Waals surface area (Å²) in [6.45, 7) is 5.40. The van der Waals surface area contributed by atoms with Gasteiger partial charge in [0.1, 0.15) is 0 Å². The predicted octanol–water partition coefficient (Wildman–Crippen LogP) is 4.25. The minimum atomic E-state index is 0.514. The molecule has 1 saturated carbocycles. The summed E-state index contributed by atoms with van der Waals surface area (Å²) in [5, 5.41) is 0.843. The van der Waals surface area contributed by atoms with Gasteiger partial charge >= 0.3 is 0 Å². The third-order valence-electron chi connectivity index (χ3n) is 4.71. The van der Waals surface area contributed by atoms with Crippen molar-refractivity contribution in [3.05, 3.63) is 28.8 Å². The van der Waals surface area contributed by atoms with Gasteiger partial charge in [0, 0.05) is 23.8 Å². The Balaban J connectivity index is 2.06. The third kappa shape index (κ3) is 3.67. The minimum Gasteiger partial charge on any atom is -0.372 e. The average Bonchev–Trinajstić information content (AvgIpc) is 2.40. The van der Waals surface area contributed by atoms with Crippen LogP contribution in [0.15, 0.2) is 18.2 Å². The molecule has 0 atom stereocenters. The average molecular weight is 295 g/mol. The first-order valence-electron chi connectivity index (χ1n) is 7.64. The van der Waals surface area contributed by atoms with Gasteiger partial charge in [0.05, 0.1) is 0 Å². The topological polar surface area (TPSA) is 29.3 Å². The molecule has 2 N–H and O–H groups in total. The van der Waals surface area contributed by atoms with Crippen molar-refractivity contribution < 1.29 is 0 Å². The molecule has 1 aromatic carbocycles. The van der Waals surface area contributed by atoms with E-state index in [2.05, 4.69) is 44.0 Å². The molecule has 0 saturated heterocycles. The molecule has 1 aliphatic carbocycles. The van der Waals surface area contributed by atoms with Crippen LogP contribution in [0.2, 0.25) is 5.02 Å². The first kappa shape index (κ1) is 15.7. The van der Waals surface area contributed by atoms with Gasteiger partial charge in [-0.3, -0.25) is 0 Å². The molecule has 0 unspecified atom stereocenters. The summed E-state index contributed by atoms with van der Waals surface area (Å²) in [7, 11) is 2.19. The predicted molar refractivity (Wildman–Crippen MR) is 88.7 cm³/mol. The van der Waals surface area contributed by atoms with Crippen molar-refractivity contribution in [1.82, 2.24) is 0 Å². The molecule has 0 radical (unpaired) electrons. The summed E-state index contributed by atoms with van der Waals surface area (Å²) in [5.74, 6) is 0. The maximum absolute atomic E-state index is 6.35. The first-order valence-corrected chi connectivity index (χ1v) is 8.02. The fourth-order valence-corrected chi connectivity index (χ4v) is 3.37. The highest BCUT2D eigenvalue weighted by Gasteiger charge is 2.29. The van der Waals surface area contributed by atoms with Gasteiger partial charge in [0.15, 0.2) is 0 Å². The molecule has 1 fully saturated rings. The zero-order valence-corrected chi connectivity index (χ0v) is 13.7. The highest BCUT2D eigenvalue weighted by Crippen LogP contribution is 2.38. The van der Waals surface area contributed by atoms with Crippen molar-refractivity contribution in [3.8, 4) is 0 Å². The Hall–Kier alpha value is -0.730.